The van der Waals surface area contributed by atoms with Crippen LogP contribution in [0.2, 0.25) is 0 Å². The first-order chi connectivity index (χ1) is 7.63. The minimum absolute atomic E-state index is 0.943. The number of aliphatic hydroxyl groups excluding tert-OH is 2. The first-order valence-electron chi connectivity index (χ1n) is 4.87. The van der Waals surface area contributed by atoms with Crippen molar-refractivity contribution >= 4 is 11.3 Å². The standard InChI is InChI=1S/C13H14O2S/c1-3-12(14)13(15)7-5-4-6-11-9-8-10(2)16-11/h3,5,7-9,12-15H,1H2,2H3. The second kappa shape index (κ2) is 6.29. The zero-order valence-electron chi connectivity index (χ0n) is 9.05. The molecule has 0 spiro atoms. The van der Waals surface area contributed by atoms with E-state index in [1.165, 1.54) is 23.1 Å². The van der Waals surface area contributed by atoms with Crippen LogP contribution in [0.25, 0.3) is 0 Å². The third kappa shape index (κ3) is 4.03. The Balaban J connectivity index is 2.54. The lowest BCUT2D eigenvalue weighted by atomic mass is 10.2. The summed E-state index contributed by atoms with van der Waals surface area (Å²) in [6, 6.07) is 3.96. The van der Waals surface area contributed by atoms with Gasteiger partial charge in [0.1, 0.15) is 12.2 Å². The Morgan fingerprint density at radius 1 is 1.38 bits per heavy atom. The molecule has 0 aliphatic heterocycles. The SMILES string of the molecule is C=CC(O)C(O)C=CC#Cc1ccc(C)s1. The van der Waals surface area contributed by atoms with Gasteiger partial charge < -0.3 is 10.2 Å². The van der Waals surface area contributed by atoms with E-state index >= 15 is 0 Å². The van der Waals surface area contributed by atoms with E-state index < -0.39 is 12.2 Å². The number of rotatable bonds is 3. The second-order valence-electron chi connectivity index (χ2n) is 3.26. The lowest BCUT2D eigenvalue weighted by molar-refractivity contribution is 0.0811. The number of aliphatic hydroxyl groups is 2. The maximum Gasteiger partial charge on any atom is 0.102 e. The fourth-order valence-corrected chi connectivity index (χ4v) is 1.74. The molecular weight excluding hydrogens is 220 g/mol. The predicted octanol–water partition coefficient (Wildman–Crippen LogP) is 1.87. The molecule has 84 valence electrons. The maximum absolute atomic E-state index is 9.35. The average molecular weight is 234 g/mol. The van der Waals surface area contributed by atoms with Gasteiger partial charge in [-0.25, -0.2) is 0 Å². The molecule has 0 radical (unpaired) electrons. The molecule has 2 unspecified atom stereocenters. The first kappa shape index (κ1) is 12.7. The zero-order chi connectivity index (χ0) is 12.0. The molecule has 0 fully saturated rings. The summed E-state index contributed by atoms with van der Waals surface area (Å²) in [6.07, 6.45) is 2.37. The van der Waals surface area contributed by atoms with Crippen LogP contribution in [0.3, 0.4) is 0 Å². The van der Waals surface area contributed by atoms with E-state index in [2.05, 4.69) is 18.4 Å². The number of hydrogen-bond donors (Lipinski definition) is 2. The molecule has 1 aromatic heterocycles. The molecule has 0 amide bonds. The van der Waals surface area contributed by atoms with E-state index in [4.69, 9.17) is 0 Å². The van der Waals surface area contributed by atoms with Gasteiger partial charge in [-0.1, -0.05) is 17.9 Å². The van der Waals surface area contributed by atoms with E-state index in [-0.39, 0.29) is 0 Å². The molecule has 1 heterocycles. The maximum atomic E-state index is 9.35. The van der Waals surface area contributed by atoms with Crippen molar-refractivity contribution in [2.24, 2.45) is 0 Å². The van der Waals surface area contributed by atoms with E-state index in [1.54, 1.807) is 11.3 Å². The van der Waals surface area contributed by atoms with Gasteiger partial charge in [0.25, 0.3) is 0 Å². The highest BCUT2D eigenvalue weighted by atomic mass is 32.1. The molecule has 2 N–H and O–H groups in total. The Hall–Kier alpha value is -1.34. The number of thiophene rings is 1. The Morgan fingerprint density at radius 3 is 2.69 bits per heavy atom. The molecule has 0 saturated carbocycles. The fourth-order valence-electron chi connectivity index (χ4n) is 1.01. The van der Waals surface area contributed by atoms with Crippen LogP contribution in [0.1, 0.15) is 9.75 Å². The molecule has 0 aliphatic carbocycles. The van der Waals surface area contributed by atoms with Gasteiger partial charge in [0.15, 0.2) is 0 Å². The molecule has 2 atom stereocenters. The molecule has 1 aromatic rings. The van der Waals surface area contributed by atoms with E-state index in [0.717, 1.165) is 4.88 Å². The van der Waals surface area contributed by atoms with Crippen LogP contribution in [-0.4, -0.2) is 22.4 Å². The van der Waals surface area contributed by atoms with Gasteiger partial charge in [-0.2, -0.15) is 0 Å². The summed E-state index contributed by atoms with van der Waals surface area (Å²) < 4.78 is 0. The minimum Gasteiger partial charge on any atom is -0.386 e. The second-order valence-corrected chi connectivity index (χ2v) is 4.54. The molecule has 3 heteroatoms. The lowest BCUT2D eigenvalue weighted by Crippen LogP contribution is -2.20. The van der Waals surface area contributed by atoms with Crippen molar-refractivity contribution in [3.05, 3.63) is 46.7 Å². The van der Waals surface area contributed by atoms with Crippen molar-refractivity contribution in [1.29, 1.82) is 0 Å². The molecule has 0 bridgehead atoms. The Morgan fingerprint density at radius 2 is 2.12 bits per heavy atom. The van der Waals surface area contributed by atoms with Crippen molar-refractivity contribution in [1.82, 2.24) is 0 Å². The third-order valence-corrected chi connectivity index (χ3v) is 2.82. The summed E-state index contributed by atoms with van der Waals surface area (Å²) in [4.78, 5) is 2.20. The topological polar surface area (TPSA) is 40.5 Å². The van der Waals surface area contributed by atoms with Crippen LogP contribution in [0.4, 0.5) is 0 Å². The summed E-state index contributed by atoms with van der Waals surface area (Å²) in [7, 11) is 0. The zero-order valence-corrected chi connectivity index (χ0v) is 9.87. The number of hydrogen-bond acceptors (Lipinski definition) is 3. The van der Waals surface area contributed by atoms with Gasteiger partial charge in [-0.3, -0.25) is 0 Å². The largest absolute Gasteiger partial charge is 0.386 e. The highest BCUT2D eigenvalue weighted by Gasteiger charge is 2.06. The average Bonchev–Trinajstić information content (AvgIpc) is 2.69. The summed E-state index contributed by atoms with van der Waals surface area (Å²) in [5.74, 6) is 5.74. The van der Waals surface area contributed by atoms with E-state index in [0.29, 0.717) is 0 Å². The molecule has 16 heavy (non-hydrogen) atoms. The van der Waals surface area contributed by atoms with Gasteiger partial charge >= 0.3 is 0 Å². The Kier molecular flexibility index (Phi) is 5.00. The van der Waals surface area contributed by atoms with Crippen molar-refractivity contribution in [2.75, 3.05) is 0 Å². The number of allylic oxidation sites excluding steroid dienone is 1. The molecule has 1 rings (SSSR count). The predicted molar refractivity (Wildman–Crippen MR) is 67.3 cm³/mol. The highest BCUT2D eigenvalue weighted by Crippen LogP contribution is 2.12. The Labute approximate surface area is 99.6 Å². The van der Waals surface area contributed by atoms with Gasteiger partial charge in [0.2, 0.25) is 0 Å². The van der Waals surface area contributed by atoms with Crippen LogP contribution < -0.4 is 0 Å². The fraction of sp³-hybridized carbons (Fsp3) is 0.231. The van der Waals surface area contributed by atoms with Gasteiger partial charge in [-0.15, -0.1) is 17.9 Å². The van der Waals surface area contributed by atoms with E-state index in [9.17, 15) is 10.2 Å². The summed E-state index contributed by atoms with van der Waals surface area (Å²) in [6.45, 7) is 5.41. The first-order valence-corrected chi connectivity index (χ1v) is 5.68. The summed E-state index contributed by atoms with van der Waals surface area (Å²) >= 11 is 1.62. The molecule has 0 saturated heterocycles. The summed E-state index contributed by atoms with van der Waals surface area (Å²) in [5.41, 5.74) is 0. The van der Waals surface area contributed by atoms with Crippen molar-refractivity contribution < 1.29 is 10.2 Å². The molecule has 0 aliphatic rings. The van der Waals surface area contributed by atoms with Gasteiger partial charge in [0.05, 0.1) is 4.88 Å². The van der Waals surface area contributed by atoms with Crippen molar-refractivity contribution in [3.63, 3.8) is 0 Å². The van der Waals surface area contributed by atoms with Crippen LogP contribution >= 0.6 is 11.3 Å². The molecule has 2 nitrogen and oxygen atoms in total. The van der Waals surface area contributed by atoms with Crippen molar-refractivity contribution in [3.8, 4) is 11.8 Å². The van der Waals surface area contributed by atoms with Crippen LogP contribution in [0.5, 0.6) is 0 Å². The van der Waals surface area contributed by atoms with Crippen LogP contribution in [0.15, 0.2) is 36.9 Å². The monoisotopic (exact) mass is 234 g/mol. The smallest absolute Gasteiger partial charge is 0.102 e. The normalized spacial score (nSPS) is 14.2. The molecular formula is C13H14O2S. The summed E-state index contributed by atoms with van der Waals surface area (Å²) in [5, 5.41) is 18.5. The van der Waals surface area contributed by atoms with Gasteiger partial charge in [-0.05, 0) is 31.2 Å². The Bertz CT molecular complexity index is 434. The van der Waals surface area contributed by atoms with Crippen molar-refractivity contribution in [2.45, 2.75) is 19.1 Å². The minimum atomic E-state index is -0.947. The number of aryl methyl sites for hydroxylation is 1. The van der Waals surface area contributed by atoms with Gasteiger partial charge in [0, 0.05) is 4.88 Å². The van der Waals surface area contributed by atoms with E-state index in [1.807, 2.05) is 19.1 Å². The highest BCUT2D eigenvalue weighted by molar-refractivity contribution is 7.12. The molecule has 0 aromatic carbocycles. The third-order valence-electron chi connectivity index (χ3n) is 1.90. The van der Waals surface area contributed by atoms with Crippen LogP contribution in [0, 0.1) is 18.8 Å². The lowest BCUT2D eigenvalue weighted by Gasteiger charge is -2.07. The van der Waals surface area contributed by atoms with Crippen LogP contribution in [-0.2, 0) is 0 Å². The quantitative estimate of drug-likeness (QED) is 0.619.